The molecule has 0 aromatic rings. The highest BCUT2D eigenvalue weighted by atomic mass is 35.5. The maximum atomic E-state index is 12.0. The van der Waals surface area contributed by atoms with E-state index in [0.717, 1.165) is 0 Å². The minimum Gasteiger partial charge on any atom is -1.00 e. The van der Waals surface area contributed by atoms with Crippen molar-refractivity contribution < 1.29 is 282 Å². The molecule has 0 unspecified atom stereocenters. The number of nitrogens with zero attached hydrogens (tertiary/aromatic N) is 4. The third-order valence-electron chi connectivity index (χ3n) is 5.79. The first-order valence-corrected chi connectivity index (χ1v) is 12.7. The van der Waals surface area contributed by atoms with E-state index >= 15 is 0 Å². The van der Waals surface area contributed by atoms with E-state index in [0.29, 0.717) is 0 Å². The number of alkyl halides is 36. The molecular weight excluding hydrogens is 1300 g/mol. The lowest BCUT2D eigenvalue weighted by atomic mass is 10.1. The summed E-state index contributed by atoms with van der Waals surface area (Å²) in [4.78, 5) is 0. The minimum absolute atomic E-state index is 0. The molecule has 0 rings (SSSR count). The van der Waals surface area contributed by atoms with Gasteiger partial charge in [-0.2, -0.15) is 123 Å². The number of rotatable bonds is 12. The Kier molecular flexibility index (Phi) is 27.2. The van der Waals surface area contributed by atoms with Crippen molar-refractivity contribution in [1.82, 2.24) is 0 Å². The van der Waals surface area contributed by atoms with Gasteiger partial charge in [0.2, 0.25) is 0 Å². The molecule has 72 heavy (non-hydrogen) atoms. The molecule has 0 N–H and O–H groups in total. The summed E-state index contributed by atoms with van der Waals surface area (Å²) < 4.78 is 557. The molecule has 0 fully saturated rings. The van der Waals surface area contributed by atoms with E-state index in [2.05, 4.69) is 0 Å². The quantitative estimate of drug-likeness (QED) is 0.160. The minimum atomic E-state index is -7.68. The highest BCUT2D eigenvalue weighted by Gasteiger charge is 2.96. The molecule has 0 aromatic heterocycles. The normalized spacial score (nSPS) is 15.3. The molecule has 0 aliphatic rings. The third kappa shape index (κ3) is 15.0. The molecule has 0 aliphatic heterocycles. The van der Waals surface area contributed by atoms with Gasteiger partial charge in [0.1, 0.15) is 0 Å². The van der Waals surface area contributed by atoms with E-state index in [1.807, 2.05) is 0 Å². The summed E-state index contributed by atoms with van der Waals surface area (Å²) >= 11 is 0. The predicted molar refractivity (Wildman–Crippen MR) is 97.9 cm³/mol. The van der Waals surface area contributed by atoms with Gasteiger partial charge < -0.3 is 49.6 Å². The van der Waals surface area contributed by atoms with Gasteiger partial charge in [0, 0.05) is 0 Å². The monoisotopic (exact) mass is 1300 g/mol. The summed E-state index contributed by atoms with van der Waals surface area (Å²) in [5.41, 5.74) is 0. The van der Waals surface area contributed by atoms with Crippen LogP contribution in [0.25, 0.3) is 0 Å². The van der Waals surface area contributed by atoms with Crippen molar-refractivity contribution in [2.75, 3.05) is 0 Å². The molecule has 4 nitrogen and oxygen atoms in total. The summed E-state index contributed by atoms with van der Waals surface area (Å²) in [6, 6.07) is -30.4. The van der Waals surface area contributed by atoms with Gasteiger partial charge in [-0.15, -0.1) is 35.1 Å². The fourth-order valence-corrected chi connectivity index (χ4v) is 2.10. The summed E-state index contributed by atoms with van der Waals surface area (Å²) in [6.07, 6.45) is -29.1. The topological polar surface area (TPSA) is 0 Å². The van der Waals surface area contributed by atoms with Crippen molar-refractivity contribution in [3.8, 4) is 0 Å². The molecule has 0 spiro atoms. The second-order valence-corrected chi connectivity index (χ2v) is 10.5. The van der Waals surface area contributed by atoms with E-state index < -0.39 is 117 Å². The molecule has 56 heteroatoms. The van der Waals surface area contributed by atoms with Gasteiger partial charge in [-0.25, -0.2) is 0 Å². The van der Waals surface area contributed by atoms with E-state index in [4.69, 9.17) is 0 Å². The van der Waals surface area contributed by atoms with Crippen molar-refractivity contribution in [2.45, 2.75) is 96.3 Å². The molecule has 0 bridgehead atoms. The summed E-state index contributed by atoms with van der Waals surface area (Å²) in [6.45, 7) is 0. The van der Waals surface area contributed by atoms with Crippen LogP contribution in [0.2, 0.25) is 0 Å². The molecule has 0 aromatic carbocycles. The number of hydrogen-bond donors (Lipinski definition) is 0. The maximum absolute atomic E-state index is 12.0. The van der Waals surface area contributed by atoms with Crippen molar-refractivity contribution in [2.24, 2.45) is 0 Å². The summed E-state index contributed by atoms with van der Waals surface area (Å²) in [7, 11) is 0. The van der Waals surface area contributed by atoms with E-state index in [9.17, 15) is 212 Å². The molecule has 448 valence electrons. The van der Waals surface area contributed by atoms with Crippen molar-refractivity contribution >= 4 is 0 Å². The maximum Gasteiger partial charge on any atom is 0.576 e. The zero-order valence-electron chi connectivity index (χ0n) is 29.4. The van der Waals surface area contributed by atoms with Crippen LogP contribution in [0.1, 0.15) is 0 Å². The predicted octanol–water partition coefficient (Wildman–Crippen LogP) is 3.55. The smallest absolute Gasteiger partial charge is 0.576 e. The first kappa shape index (κ1) is 86.4. The van der Waals surface area contributed by atoms with Gasteiger partial charge in [0.05, 0.1) is 53.8 Å². The van der Waals surface area contributed by atoms with Crippen molar-refractivity contribution in [1.29, 1.82) is 0 Å². The average molecular weight is 1300 g/mol. The standard InChI is InChI=1S/4C4F12N.4ClH/c4*5-1(6,3(9,10)11)2(7,8)4(12,13)17(14,15)16;;;;/h;;;;4*1H/q4*+1;;;;/p-4. The zero-order chi connectivity index (χ0) is 58.0. The highest BCUT2D eigenvalue weighted by Crippen LogP contribution is 2.60. The second kappa shape index (κ2) is 22.7. The SMILES string of the molecule is FC(F)(F)C(F)(F)C(F)(F)C(F)(F)[N+](F)(F)F.FC(F)(F)C(F)(F)C(F)(F)C(F)(F)[N+](F)(F)F.FC(F)(F)C(F)(F)C(F)(F)C(F)(F)[N+](F)(F)F.FC(F)(F)C(F)(F)C(F)(F)C(F)(F)[N+](F)(F)F.[Cl-].[Cl-].[Cl-].[Cl-]. The number of halogens is 52. The van der Waals surface area contributed by atoms with Crippen molar-refractivity contribution in [3.05, 3.63) is 0 Å². The van der Waals surface area contributed by atoms with Crippen molar-refractivity contribution in [3.63, 3.8) is 0 Å². The van der Waals surface area contributed by atoms with Crippen LogP contribution in [0, 0.1) is 0 Å². The summed E-state index contributed by atoms with van der Waals surface area (Å²) in [5.74, 6) is -60.9. The molecule has 0 amide bonds. The Morgan fingerprint density at radius 2 is 0.208 bits per heavy atom. The van der Waals surface area contributed by atoms with Gasteiger partial charge in [-0.1, -0.05) is 0 Å². The largest absolute Gasteiger partial charge is 1.00 e. The van der Waals surface area contributed by atoms with Crippen LogP contribution in [0.4, 0.5) is 212 Å². The van der Waals surface area contributed by atoms with Gasteiger partial charge in [0.25, 0.3) is 0 Å². The second-order valence-electron chi connectivity index (χ2n) is 10.5. The van der Waals surface area contributed by atoms with Gasteiger partial charge in [0.15, 0.2) is 0 Å². The molecule has 0 radical (unpaired) electrons. The van der Waals surface area contributed by atoms with E-state index in [1.54, 1.807) is 0 Å². The third-order valence-corrected chi connectivity index (χ3v) is 5.79. The molecule has 0 saturated carbocycles. The lowest BCUT2D eigenvalue weighted by molar-refractivity contribution is -1.32. The van der Waals surface area contributed by atoms with E-state index in [1.165, 1.54) is 0 Å². The molecular formula is C16Cl4F48N4. The van der Waals surface area contributed by atoms with Gasteiger partial charge in [-0.3, -0.25) is 0 Å². The molecule has 0 atom stereocenters. The zero-order valence-corrected chi connectivity index (χ0v) is 32.5. The summed E-state index contributed by atoms with van der Waals surface area (Å²) in [5, 5.41) is -26.3. The van der Waals surface area contributed by atoms with Gasteiger partial charge in [-0.05, 0) is 0 Å². The van der Waals surface area contributed by atoms with E-state index in [-0.39, 0.29) is 49.6 Å². The Labute approximate surface area is 379 Å². The van der Waals surface area contributed by atoms with Crippen LogP contribution in [-0.2, 0) is 0 Å². The Morgan fingerprint density at radius 3 is 0.250 bits per heavy atom. The van der Waals surface area contributed by atoms with Crippen LogP contribution in [0.3, 0.4) is 0 Å². The molecule has 0 heterocycles. The van der Waals surface area contributed by atoms with Crippen LogP contribution in [0.5, 0.6) is 0 Å². The number of quaternary nitrogens is 4. The Hall–Kier alpha value is -2.36. The number of hydrogen-bond acceptors (Lipinski definition) is 0. The lowest BCUT2D eigenvalue weighted by Gasteiger charge is -2.30. The van der Waals surface area contributed by atoms with Crippen LogP contribution >= 0.6 is 0 Å². The molecule has 0 aliphatic carbocycles. The highest BCUT2D eigenvalue weighted by molar-refractivity contribution is 4.98. The Morgan fingerprint density at radius 1 is 0.139 bits per heavy atom. The first-order valence-electron chi connectivity index (χ1n) is 12.7. The lowest BCUT2D eigenvalue weighted by Crippen LogP contribution is -3.00. The van der Waals surface area contributed by atoms with Crippen LogP contribution in [0.15, 0.2) is 0 Å². The Bertz CT molecular complexity index is 1280. The van der Waals surface area contributed by atoms with Crippen LogP contribution in [-0.4, -0.2) is 117 Å². The fraction of sp³-hybridized carbons (Fsp3) is 1.00. The first-order chi connectivity index (χ1) is 28.0. The van der Waals surface area contributed by atoms with Gasteiger partial charge >= 0.3 is 117 Å². The molecule has 0 saturated heterocycles. The van der Waals surface area contributed by atoms with Crippen LogP contribution < -0.4 is 49.6 Å². The Balaban J connectivity index is -0.000000124. The fourth-order valence-electron chi connectivity index (χ4n) is 2.10. The average Bonchev–Trinajstić information content (AvgIpc) is 3.00.